The van der Waals surface area contributed by atoms with Gasteiger partial charge in [0, 0.05) is 69.0 Å². The highest BCUT2D eigenvalue weighted by Crippen LogP contribution is 2.38. The quantitative estimate of drug-likeness (QED) is 0.726. The summed E-state index contributed by atoms with van der Waals surface area (Å²) in [6.07, 6.45) is 0.263. The van der Waals surface area contributed by atoms with E-state index in [2.05, 4.69) is 4.90 Å². The maximum Gasteiger partial charge on any atom is 0.253 e. The SMILES string of the molecule is Cc1ccc(C(CC(N)=O)N2CC3CN(C(=O)c4cccc(N(C)C)c4)CC3C2)cc1Cl. The van der Waals surface area contributed by atoms with Crippen molar-refractivity contribution in [2.24, 2.45) is 17.6 Å². The second-order valence-electron chi connectivity index (χ2n) is 9.32. The van der Waals surface area contributed by atoms with Gasteiger partial charge < -0.3 is 15.5 Å². The lowest BCUT2D eigenvalue weighted by Crippen LogP contribution is -2.36. The number of primary amides is 1. The van der Waals surface area contributed by atoms with E-state index in [4.69, 9.17) is 17.3 Å². The molecule has 2 fully saturated rings. The summed E-state index contributed by atoms with van der Waals surface area (Å²) in [7, 11) is 3.95. The van der Waals surface area contributed by atoms with Gasteiger partial charge in [0.25, 0.3) is 5.91 Å². The van der Waals surface area contributed by atoms with Gasteiger partial charge in [0.2, 0.25) is 5.91 Å². The van der Waals surface area contributed by atoms with Gasteiger partial charge in [-0.25, -0.2) is 0 Å². The van der Waals surface area contributed by atoms with E-state index >= 15 is 0 Å². The molecule has 2 aliphatic heterocycles. The summed E-state index contributed by atoms with van der Waals surface area (Å²) in [4.78, 5) is 31.3. The zero-order chi connectivity index (χ0) is 23.0. The lowest BCUT2D eigenvalue weighted by molar-refractivity contribution is -0.119. The largest absolute Gasteiger partial charge is 0.378 e. The molecule has 0 bridgehead atoms. The molecule has 7 heteroatoms. The van der Waals surface area contributed by atoms with Gasteiger partial charge in [0.05, 0.1) is 0 Å². The van der Waals surface area contributed by atoms with Crippen molar-refractivity contribution in [1.29, 1.82) is 0 Å². The lowest BCUT2D eigenvalue weighted by atomic mass is 10.0. The Hall–Kier alpha value is -2.57. The van der Waals surface area contributed by atoms with Crippen LogP contribution in [-0.2, 0) is 4.79 Å². The molecule has 6 nitrogen and oxygen atoms in total. The predicted molar refractivity (Wildman–Crippen MR) is 128 cm³/mol. The molecule has 3 unspecified atom stereocenters. The van der Waals surface area contributed by atoms with Gasteiger partial charge in [-0.1, -0.05) is 29.8 Å². The molecule has 2 aromatic rings. The third-order valence-electron chi connectivity index (χ3n) is 6.83. The van der Waals surface area contributed by atoms with Crippen LogP contribution in [0.1, 0.15) is 33.9 Å². The standard InChI is InChI=1S/C25H31ClN4O2/c1-16-7-8-17(10-22(16)26)23(11-24(27)31)29-12-19-14-30(15-20(19)13-29)25(32)18-5-4-6-21(9-18)28(2)3/h4-10,19-20,23H,11-15H2,1-3H3,(H2,27,31). The van der Waals surface area contributed by atoms with Crippen molar-refractivity contribution in [3.63, 3.8) is 0 Å². The fourth-order valence-corrected chi connectivity index (χ4v) is 5.20. The van der Waals surface area contributed by atoms with Crippen LogP contribution in [0.4, 0.5) is 5.69 Å². The molecule has 0 spiro atoms. The maximum absolute atomic E-state index is 13.1. The van der Waals surface area contributed by atoms with Crippen LogP contribution in [0.2, 0.25) is 5.02 Å². The number of amides is 2. The molecular weight excluding hydrogens is 424 g/mol. The molecule has 32 heavy (non-hydrogen) atoms. The number of carbonyl (C=O) groups excluding carboxylic acids is 2. The molecule has 0 saturated carbocycles. The monoisotopic (exact) mass is 454 g/mol. The molecular formula is C25H31ClN4O2. The number of hydrogen-bond donors (Lipinski definition) is 1. The Labute approximate surface area is 194 Å². The maximum atomic E-state index is 13.1. The second kappa shape index (κ2) is 9.12. The second-order valence-corrected chi connectivity index (χ2v) is 9.73. The van der Waals surface area contributed by atoms with Gasteiger partial charge >= 0.3 is 0 Å². The Kier molecular flexibility index (Phi) is 6.45. The fourth-order valence-electron chi connectivity index (χ4n) is 5.01. The number of nitrogens with zero attached hydrogens (tertiary/aromatic N) is 3. The summed E-state index contributed by atoms with van der Waals surface area (Å²) in [5.74, 6) is 0.564. The number of benzene rings is 2. The minimum absolute atomic E-state index is 0.0860. The zero-order valence-electron chi connectivity index (χ0n) is 18.9. The summed E-state index contributed by atoms with van der Waals surface area (Å²) < 4.78 is 0. The number of anilines is 1. The number of likely N-dealkylation sites (tertiary alicyclic amines) is 2. The topological polar surface area (TPSA) is 69.9 Å². The van der Waals surface area contributed by atoms with Crippen LogP contribution in [0, 0.1) is 18.8 Å². The molecule has 0 aliphatic carbocycles. The van der Waals surface area contributed by atoms with E-state index in [1.807, 2.05) is 73.3 Å². The molecule has 2 amide bonds. The van der Waals surface area contributed by atoms with Crippen LogP contribution in [-0.4, -0.2) is 61.9 Å². The Bertz CT molecular complexity index is 1010. The lowest BCUT2D eigenvalue weighted by Gasteiger charge is -2.29. The van der Waals surface area contributed by atoms with E-state index in [-0.39, 0.29) is 24.3 Å². The molecule has 2 aliphatic rings. The van der Waals surface area contributed by atoms with Crippen molar-refractivity contribution in [2.75, 3.05) is 45.2 Å². The van der Waals surface area contributed by atoms with E-state index < -0.39 is 0 Å². The van der Waals surface area contributed by atoms with E-state index in [1.165, 1.54) is 0 Å². The summed E-state index contributed by atoms with van der Waals surface area (Å²) in [5.41, 5.74) is 9.37. The van der Waals surface area contributed by atoms with Crippen molar-refractivity contribution in [3.8, 4) is 0 Å². The summed E-state index contributed by atoms with van der Waals surface area (Å²) >= 11 is 6.36. The van der Waals surface area contributed by atoms with E-state index in [0.717, 1.165) is 48.6 Å². The van der Waals surface area contributed by atoms with Crippen molar-refractivity contribution in [2.45, 2.75) is 19.4 Å². The highest BCUT2D eigenvalue weighted by Gasteiger charge is 2.44. The number of fused-ring (bicyclic) bond motifs is 1. The molecule has 2 saturated heterocycles. The summed E-state index contributed by atoms with van der Waals surface area (Å²) in [6, 6.07) is 13.7. The van der Waals surface area contributed by atoms with E-state index in [0.29, 0.717) is 16.9 Å². The Balaban J connectivity index is 1.46. The molecule has 0 aromatic heterocycles. The van der Waals surface area contributed by atoms with Gasteiger partial charge in [0.1, 0.15) is 0 Å². The first-order valence-corrected chi connectivity index (χ1v) is 11.5. The van der Waals surface area contributed by atoms with Crippen LogP contribution in [0.25, 0.3) is 0 Å². The van der Waals surface area contributed by atoms with E-state index in [1.54, 1.807) is 0 Å². The van der Waals surface area contributed by atoms with Crippen LogP contribution >= 0.6 is 11.6 Å². The first-order chi connectivity index (χ1) is 15.2. The minimum Gasteiger partial charge on any atom is -0.378 e. The van der Waals surface area contributed by atoms with Crippen LogP contribution in [0.3, 0.4) is 0 Å². The highest BCUT2D eigenvalue weighted by molar-refractivity contribution is 6.31. The molecule has 2 N–H and O–H groups in total. The highest BCUT2D eigenvalue weighted by atomic mass is 35.5. The summed E-state index contributed by atoms with van der Waals surface area (Å²) in [5, 5.41) is 0.702. The number of carbonyl (C=O) groups is 2. The number of hydrogen-bond acceptors (Lipinski definition) is 4. The van der Waals surface area contributed by atoms with Gasteiger partial charge in [-0.3, -0.25) is 14.5 Å². The van der Waals surface area contributed by atoms with Gasteiger partial charge in [-0.05, 0) is 54.2 Å². The number of rotatable bonds is 6. The van der Waals surface area contributed by atoms with Gasteiger partial charge in [-0.2, -0.15) is 0 Å². The summed E-state index contributed by atoms with van der Waals surface area (Å²) in [6.45, 7) is 5.13. The molecule has 0 radical (unpaired) electrons. The average Bonchev–Trinajstić information content (AvgIpc) is 3.33. The smallest absolute Gasteiger partial charge is 0.253 e. The Morgan fingerprint density at radius 3 is 2.38 bits per heavy atom. The predicted octanol–water partition coefficient (Wildman–Crippen LogP) is 3.33. The Morgan fingerprint density at radius 2 is 1.78 bits per heavy atom. The third-order valence-corrected chi connectivity index (χ3v) is 7.23. The zero-order valence-corrected chi connectivity index (χ0v) is 19.7. The van der Waals surface area contributed by atoms with Crippen LogP contribution in [0.15, 0.2) is 42.5 Å². The van der Waals surface area contributed by atoms with Crippen LogP contribution in [0.5, 0.6) is 0 Å². The molecule has 170 valence electrons. The van der Waals surface area contributed by atoms with Crippen molar-refractivity contribution >= 4 is 29.1 Å². The minimum atomic E-state index is -0.318. The number of nitrogens with two attached hydrogens (primary N) is 1. The third kappa shape index (κ3) is 4.62. The number of halogens is 1. The fraction of sp³-hybridized carbons (Fsp3) is 0.440. The Morgan fingerprint density at radius 1 is 1.09 bits per heavy atom. The molecule has 3 atom stereocenters. The van der Waals surface area contributed by atoms with Crippen molar-refractivity contribution in [1.82, 2.24) is 9.80 Å². The van der Waals surface area contributed by atoms with Gasteiger partial charge in [-0.15, -0.1) is 0 Å². The first kappa shape index (κ1) is 22.6. The van der Waals surface area contributed by atoms with E-state index in [9.17, 15) is 9.59 Å². The van der Waals surface area contributed by atoms with Gasteiger partial charge in [0.15, 0.2) is 0 Å². The van der Waals surface area contributed by atoms with Crippen molar-refractivity contribution in [3.05, 3.63) is 64.2 Å². The van der Waals surface area contributed by atoms with Crippen molar-refractivity contribution < 1.29 is 9.59 Å². The first-order valence-electron chi connectivity index (χ1n) is 11.1. The normalized spacial score (nSPS) is 21.4. The number of aryl methyl sites for hydroxylation is 1. The average molecular weight is 455 g/mol. The molecule has 4 rings (SSSR count). The van der Waals surface area contributed by atoms with Crippen LogP contribution < -0.4 is 10.6 Å². The molecule has 2 aromatic carbocycles. The molecule has 2 heterocycles.